The molecule has 0 spiro atoms. The Kier molecular flexibility index (Phi) is 5.16. The summed E-state index contributed by atoms with van der Waals surface area (Å²) in [6.07, 6.45) is 4.74. The number of methoxy groups -OCH3 is 1. The molecule has 19 heavy (non-hydrogen) atoms. The van der Waals surface area contributed by atoms with Crippen LogP contribution < -0.4 is 15.4 Å². The molecule has 1 aromatic rings. The number of nitrogens with one attached hydrogen (secondary N) is 2. The van der Waals surface area contributed by atoms with Crippen molar-refractivity contribution in [3.8, 4) is 5.75 Å². The lowest BCUT2D eigenvalue weighted by atomic mass is 9.94. The van der Waals surface area contributed by atoms with Gasteiger partial charge in [-0.1, -0.05) is 12.5 Å². The van der Waals surface area contributed by atoms with E-state index in [4.69, 9.17) is 4.74 Å². The molecule has 0 aliphatic carbocycles. The van der Waals surface area contributed by atoms with Gasteiger partial charge in [-0.3, -0.25) is 0 Å². The predicted molar refractivity (Wildman–Crippen MR) is 75.0 cm³/mol. The first kappa shape index (κ1) is 14.3. The number of benzene rings is 1. The molecule has 4 heteroatoms. The molecule has 1 heterocycles. The van der Waals surface area contributed by atoms with Crippen LogP contribution in [-0.4, -0.2) is 26.7 Å². The number of halogens is 1. The van der Waals surface area contributed by atoms with Crippen molar-refractivity contribution >= 4 is 0 Å². The molecule has 0 aromatic heterocycles. The lowest BCUT2D eigenvalue weighted by Gasteiger charge is -2.28. The largest absolute Gasteiger partial charge is 0.494 e. The Morgan fingerprint density at radius 3 is 2.89 bits per heavy atom. The van der Waals surface area contributed by atoms with Gasteiger partial charge < -0.3 is 15.4 Å². The Hall–Kier alpha value is -1.13. The van der Waals surface area contributed by atoms with Gasteiger partial charge in [-0.05, 0) is 50.6 Å². The molecule has 0 saturated carbocycles. The van der Waals surface area contributed by atoms with Crippen LogP contribution in [0.3, 0.4) is 0 Å². The topological polar surface area (TPSA) is 33.3 Å². The quantitative estimate of drug-likeness (QED) is 0.859. The van der Waals surface area contributed by atoms with Gasteiger partial charge in [0.2, 0.25) is 0 Å². The monoisotopic (exact) mass is 266 g/mol. The first-order valence-corrected chi connectivity index (χ1v) is 6.98. The minimum absolute atomic E-state index is 0.177. The maximum atomic E-state index is 13.8. The van der Waals surface area contributed by atoms with E-state index in [-0.39, 0.29) is 11.9 Å². The van der Waals surface area contributed by atoms with Gasteiger partial charge in [0.05, 0.1) is 7.11 Å². The zero-order chi connectivity index (χ0) is 13.7. The highest BCUT2D eigenvalue weighted by Crippen LogP contribution is 2.26. The summed E-state index contributed by atoms with van der Waals surface area (Å²) in [5.74, 6) is 0.00578. The van der Waals surface area contributed by atoms with Crippen molar-refractivity contribution in [2.24, 2.45) is 0 Å². The molecule has 0 radical (unpaired) electrons. The zero-order valence-corrected chi connectivity index (χ0v) is 11.7. The van der Waals surface area contributed by atoms with E-state index in [1.165, 1.54) is 26.4 Å². The molecule has 106 valence electrons. The van der Waals surface area contributed by atoms with Gasteiger partial charge in [0.15, 0.2) is 11.6 Å². The molecular weight excluding hydrogens is 243 g/mol. The minimum Gasteiger partial charge on any atom is -0.494 e. The van der Waals surface area contributed by atoms with Crippen molar-refractivity contribution in [3.63, 3.8) is 0 Å². The van der Waals surface area contributed by atoms with Crippen LogP contribution in [0.25, 0.3) is 0 Å². The lowest BCUT2D eigenvalue weighted by Crippen LogP contribution is -2.37. The van der Waals surface area contributed by atoms with Crippen molar-refractivity contribution in [2.75, 3.05) is 20.7 Å². The first-order valence-electron chi connectivity index (χ1n) is 6.98. The highest BCUT2D eigenvalue weighted by atomic mass is 19.1. The highest BCUT2D eigenvalue weighted by Gasteiger charge is 2.19. The number of rotatable bonds is 5. The summed E-state index contributed by atoms with van der Waals surface area (Å²) in [4.78, 5) is 0. The molecule has 0 amide bonds. The van der Waals surface area contributed by atoms with Crippen LogP contribution in [0.2, 0.25) is 0 Å². The summed E-state index contributed by atoms with van der Waals surface area (Å²) in [6, 6.07) is 5.91. The van der Waals surface area contributed by atoms with E-state index >= 15 is 0 Å². The van der Waals surface area contributed by atoms with Crippen LogP contribution in [-0.2, 0) is 0 Å². The number of hydrogen-bond donors (Lipinski definition) is 2. The van der Waals surface area contributed by atoms with Gasteiger partial charge in [-0.25, -0.2) is 4.39 Å². The molecule has 1 aromatic carbocycles. The van der Waals surface area contributed by atoms with Crippen LogP contribution in [0, 0.1) is 5.82 Å². The third kappa shape index (κ3) is 3.67. The summed E-state index contributed by atoms with van der Waals surface area (Å²) in [5, 5.41) is 6.82. The van der Waals surface area contributed by atoms with E-state index in [1.54, 1.807) is 12.1 Å². The Balaban J connectivity index is 2.05. The van der Waals surface area contributed by atoms with Crippen LogP contribution in [0.4, 0.5) is 4.39 Å². The molecule has 1 fully saturated rings. The average molecular weight is 266 g/mol. The van der Waals surface area contributed by atoms with Gasteiger partial charge in [0.25, 0.3) is 0 Å². The highest BCUT2D eigenvalue weighted by molar-refractivity contribution is 5.31. The molecule has 1 saturated heterocycles. The second kappa shape index (κ2) is 6.87. The second-order valence-corrected chi connectivity index (χ2v) is 5.12. The second-order valence-electron chi connectivity index (χ2n) is 5.12. The Morgan fingerprint density at radius 2 is 2.32 bits per heavy atom. The lowest BCUT2D eigenvalue weighted by molar-refractivity contribution is 0.345. The van der Waals surface area contributed by atoms with E-state index < -0.39 is 0 Å². The fourth-order valence-electron chi connectivity index (χ4n) is 2.73. The SMILES string of the molecule is CNC(CC1CCCCN1)c1ccc(OC)c(F)c1. The molecular formula is C15H23FN2O. The van der Waals surface area contributed by atoms with Gasteiger partial charge in [-0.2, -0.15) is 0 Å². The van der Waals surface area contributed by atoms with Gasteiger partial charge >= 0.3 is 0 Å². The molecule has 1 aliphatic heterocycles. The number of ether oxygens (including phenoxy) is 1. The maximum absolute atomic E-state index is 13.8. The van der Waals surface area contributed by atoms with E-state index in [0.29, 0.717) is 11.8 Å². The van der Waals surface area contributed by atoms with Crippen LogP contribution in [0.5, 0.6) is 5.75 Å². The van der Waals surface area contributed by atoms with Gasteiger partial charge in [-0.15, -0.1) is 0 Å². The van der Waals surface area contributed by atoms with Crippen molar-refractivity contribution in [3.05, 3.63) is 29.6 Å². The summed E-state index contributed by atoms with van der Waals surface area (Å²) in [5.41, 5.74) is 0.980. The predicted octanol–water partition coefficient (Wildman–Crippen LogP) is 2.63. The Bertz CT molecular complexity index is 405. The fourth-order valence-corrected chi connectivity index (χ4v) is 2.73. The minimum atomic E-state index is -0.295. The van der Waals surface area contributed by atoms with E-state index in [2.05, 4.69) is 10.6 Å². The summed E-state index contributed by atoms with van der Waals surface area (Å²) in [6.45, 7) is 1.10. The first-order chi connectivity index (χ1) is 9.24. The van der Waals surface area contributed by atoms with Crippen molar-refractivity contribution in [1.82, 2.24) is 10.6 Å². The van der Waals surface area contributed by atoms with E-state index in [0.717, 1.165) is 18.5 Å². The summed E-state index contributed by atoms with van der Waals surface area (Å²) in [7, 11) is 3.41. The smallest absolute Gasteiger partial charge is 0.165 e. The number of piperidine rings is 1. The van der Waals surface area contributed by atoms with E-state index in [1.807, 2.05) is 13.1 Å². The van der Waals surface area contributed by atoms with Gasteiger partial charge in [0.1, 0.15) is 0 Å². The summed E-state index contributed by atoms with van der Waals surface area (Å²) >= 11 is 0. The molecule has 2 atom stereocenters. The normalized spacial score (nSPS) is 21.1. The van der Waals surface area contributed by atoms with Gasteiger partial charge in [0, 0.05) is 12.1 Å². The molecule has 0 bridgehead atoms. The third-order valence-electron chi connectivity index (χ3n) is 3.86. The van der Waals surface area contributed by atoms with Crippen molar-refractivity contribution < 1.29 is 9.13 Å². The molecule has 2 unspecified atom stereocenters. The van der Waals surface area contributed by atoms with Crippen LogP contribution in [0.1, 0.15) is 37.3 Å². The average Bonchev–Trinajstić information content (AvgIpc) is 2.46. The summed E-state index contributed by atoms with van der Waals surface area (Å²) < 4.78 is 18.7. The molecule has 3 nitrogen and oxygen atoms in total. The van der Waals surface area contributed by atoms with E-state index in [9.17, 15) is 4.39 Å². The van der Waals surface area contributed by atoms with Crippen LogP contribution >= 0.6 is 0 Å². The zero-order valence-electron chi connectivity index (χ0n) is 11.7. The van der Waals surface area contributed by atoms with Crippen LogP contribution in [0.15, 0.2) is 18.2 Å². The van der Waals surface area contributed by atoms with Crippen molar-refractivity contribution in [2.45, 2.75) is 37.8 Å². The van der Waals surface area contributed by atoms with Crippen molar-refractivity contribution in [1.29, 1.82) is 0 Å². The Labute approximate surface area is 114 Å². The standard InChI is InChI=1S/C15H23FN2O/c1-17-14(10-12-5-3-4-8-18-12)11-6-7-15(19-2)13(16)9-11/h6-7,9,12,14,17-18H,3-5,8,10H2,1-2H3. The molecule has 1 aliphatic rings. The maximum Gasteiger partial charge on any atom is 0.165 e. The molecule has 2 rings (SSSR count). The Morgan fingerprint density at radius 1 is 1.47 bits per heavy atom. The third-order valence-corrected chi connectivity index (χ3v) is 3.86. The molecule has 2 N–H and O–H groups in total. The fraction of sp³-hybridized carbons (Fsp3) is 0.600. The number of hydrogen-bond acceptors (Lipinski definition) is 3.